The molecule has 0 amide bonds. The summed E-state index contributed by atoms with van der Waals surface area (Å²) in [5, 5.41) is 23.1. The largest absolute Gasteiger partial charge is 0.549 e. The molecule has 0 bridgehead atoms. The van der Waals surface area contributed by atoms with E-state index in [9.17, 15) is 19.8 Å². The number of hydrogen-bond acceptors (Lipinski definition) is 6. The highest BCUT2D eigenvalue weighted by Crippen LogP contribution is 2.51. The zero-order valence-corrected chi connectivity index (χ0v) is 12.3. The van der Waals surface area contributed by atoms with Crippen molar-refractivity contribution in [1.29, 1.82) is 0 Å². The summed E-state index contributed by atoms with van der Waals surface area (Å²) >= 11 is 0. The van der Waals surface area contributed by atoms with Crippen LogP contribution in [0.5, 0.6) is 0 Å². The standard InChI is InChI=1S/C15H18O6/c1-5-15(13(18)19)8(2)10-11(21-15)9(20-4)6-7-14(10,3)12(16)17/h6-7H,5H2,1-4H3,(H,16,17)(H,18,19)/p-2. The van der Waals surface area contributed by atoms with Crippen LogP contribution in [0.25, 0.3) is 0 Å². The minimum absolute atomic E-state index is 0.105. The number of rotatable bonds is 4. The van der Waals surface area contributed by atoms with E-state index in [1.54, 1.807) is 6.92 Å². The summed E-state index contributed by atoms with van der Waals surface area (Å²) in [5.41, 5.74) is -2.61. The normalized spacial score (nSPS) is 31.0. The number of carboxylic acids is 2. The van der Waals surface area contributed by atoms with Crippen LogP contribution >= 0.6 is 0 Å². The van der Waals surface area contributed by atoms with E-state index in [1.165, 1.54) is 33.1 Å². The van der Waals surface area contributed by atoms with Crippen molar-refractivity contribution in [2.75, 3.05) is 7.11 Å². The Kier molecular flexibility index (Phi) is 3.35. The van der Waals surface area contributed by atoms with Gasteiger partial charge in [0, 0.05) is 5.57 Å². The average Bonchev–Trinajstić information content (AvgIpc) is 2.74. The van der Waals surface area contributed by atoms with Gasteiger partial charge in [-0.15, -0.1) is 0 Å². The highest BCUT2D eigenvalue weighted by molar-refractivity contribution is 5.88. The maximum absolute atomic E-state index is 11.6. The van der Waals surface area contributed by atoms with Crippen LogP contribution in [0, 0.1) is 5.41 Å². The number of carbonyl (C=O) groups is 2. The fourth-order valence-electron chi connectivity index (χ4n) is 2.88. The van der Waals surface area contributed by atoms with E-state index in [0.717, 1.165) is 0 Å². The number of carboxylic acid groups (broad SMARTS) is 2. The zero-order chi connectivity index (χ0) is 16.0. The van der Waals surface area contributed by atoms with E-state index in [4.69, 9.17) is 9.47 Å². The summed E-state index contributed by atoms with van der Waals surface area (Å²) in [5.74, 6) is -2.35. The Hall–Kier alpha value is -2.24. The second-order valence-corrected chi connectivity index (χ2v) is 5.29. The van der Waals surface area contributed by atoms with Gasteiger partial charge in [0.05, 0.1) is 24.5 Å². The molecule has 0 fully saturated rings. The van der Waals surface area contributed by atoms with Crippen LogP contribution < -0.4 is 10.2 Å². The number of aliphatic carboxylic acids is 2. The Bertz CT molecular complexity index is 612. The third-order valence-electron chi connectivity index (χ3n) is 4.27. The second kappa shape index (κ2) is 4.65. The van der Waals surface area contributed by atoms with Gasteiger partial charge >= 0.3 is 0 Å². The van der Waals surface area contributed by atoms with Crippen molar-refractivity contribution in [2.45, 2.75) is 32.8 Å². The lowest BCUT2D eigenvalue weighted by Crippen LogP contribution is -2.49. The molecule has 0 aromatic heterocycles. The lowest BCUT2D eigenvalue weighted by molar-refractivity contribution is -0.322. The molecule has 0 saturated carbocycles. The fraction of sp³-hybridized carbons (Fsp3) is 0.467. The third kappa shape index (κ3) is 1.78. The number of fused-ring (bicyclic) bond motifs is 1. The molecule has 0 aromatic rings. The van der Waals surface area contributed by atoms with Gasteiger partial charge in [0.15, 0.2) is 17.1 Å². The molecule has 1 aliphatic carbocycles. The molecule has 2 unspecified atom stereocenters. The quantitative estimate of drug-likeness (QED) is 0.687. The van der Waals surface area contributed by atoms with Gasteiger partial charge in [-0.3, -0.25) is 0 Å². The van der Waals surface area contributed by atoms with Gasteiger partial charge in [0.2, 0.25) is 0 Å². The molecule has 1 aliphatic heterocycles. The van der Waals surface area contributed by atoms with Crippen LogP contribution in [0.2, 0.25) is 0 Å². The van der Waals surface area contributed by atoms with E-state index in [2.05, 4.69) is 0 Å². The first-order valence-electron chi connectivity index (χ1n) is 6.56. The van der Waals surface area contributed by atoms with Gasteiger partial charge < -0.3 is 29.3 Å². The van der Waals surface area contributed by atoms with Crippen molar-refractivity contribution < 1.29 is 29.3 Å². The Morgan fingerprint density at radius 1 is 1.33 bits per heavy atom. The fourth-order valence-corrected chi connectivity index (χ4v) is 2.88. The monoisotopic (exact) mass is 292 g/mol. The summed E-state index contributed by atoms with van der Waals surface area (Å²) in [6.45, 7) is 4.61. The molecule has 0 spiro atoms. The van der Waals surface area contributed by atoms with E-state index in [0.29, 0.717) is 5.57 Å². The summed E-state index contributed by atoms with van der Waals surface area (Å²) in [6, 6.07) is 0. The highest BCUT2D eigenvalue weighted by atomic mass is 16.6. The lowest BCUT2D eigenvalue weighted by atomic mass is 9.74. The molecule has 6 nitrogen and oxygen atoms in total. The molecule has 21 heavy (non-hydrogen) atoms. The Labute approximate surface area is 122 Å². The predicted molar refractivity (Wildman–Crippen MR) is 68.1 cm³/mol. The number of ether oxygens (including phenoxy) is 2. The smallest absolute Gasteiger partial charge is 0.170 e. The van der Waals surface area contributed by atoms with Crippen LogP contribution in [0.4, 0.5) is 0 Å². The Balaban J connectivity index is 2.78. The van der Waals surface area contributed by atoms with Gasteiger partial charge in [0.25, 0.3) is 0 Å². The van der Waals surface area contributed by atoms with Crippen molar-refractivity contribution in [3.05, 3.63) is 34.8 Å². The number of allylic oxidation sites excluding steroid dienone is 2. The van der Waals surface area contributed by atoms with Gasteiger partial charge in [0.1, 0.15) is 0 Å². The van der Waals surface area contributed by atoms with Gasteiger partial charge in [-0.2, -0.15) is 0 Å². The molecule has 2 aliphatic rings. The minimum atomic E-state index is -1.68. The third-order valence-corrected chi connectivity index (χ3v) is 4.27. The molecule has 0 radical (unpaired) electrons. The molecule has 1 heterocycles. The first kappa shape index (κ1) is 15.2. The zero-order valence-electron chi connectivity index (χ0n) is 12.3. The number of methoxy groups -OCH3 is 1. The molecule has 0 saturated heterocycles. The van der Waals surface area contributed by atoms with Crippen molar-refractivity contribution in [1.82, 2.24) is 0 Å². The van der Waals surface area contributed by atoms with Crippen LogP contribution in [0.3, 0.4) is 0 Å². The summed E-state index contributed by atoms with van der Waals surface area (Å²) in [4.78, 5) is 23.1. The topological polar surface area (TPSA) is 98.7 Å². The van der Waals surface area contributed by atoms with Gasteiger partial charge in [-0.05, 0) is 31.9 Å². The first-order chi connectivity index (χ1) is 9.74. The Morgan fingerprint density at radius 2 is 1.95 bits per heavy atom. The molecule has 6 heteroatoms. The van der Waals surface area contributed by atoms with E-state index >= 15 is 0 Å². The lowest BCUT2D eigenvalue weighted by Gasteiger charge is -2.32. The van der Waals surface area contributed by atoms with Crippen molar-refractivity contribution in [3.8, 4) is 0 Å². The maximum atomic E-state index is 11.6. The number of carbonyl (C=O) groups excluding carboxylic acids is 2. The van der Waals surface area contributed by atoms with Gasteiger partial charge in [-0.1, -0.05) is 13.0 Å². The Morgan fingerprint density at radius 3 is 2.38 bits per heavy atom. The van der Waals surface area contributed by atoms with Crippen LogP contribution in [-0.4, -0.2) is 24.6 Å². The molecule has 2 atom stereocenters. The molecular formula is C15H16O6-2. The van der Waals surface area contributed by atoms with Crippen LogP contribution in [0.15, 0.2) is 34.8 Å². The van der Waals surface area contributed by atoms with Crippen molar-refractivity contribution >= 4 is 11.9 Å². The van der Waals surface area contributed by atoms with Gasteiger partial charge in [-0.25, -0.2) is 0 Å². The van der Waals surface area contributed by atoms with Crippen molar-refractivity contribution in [3.63, 3.8) is 0 Å². The second-order valence-electron chi connectivity index (χ2n) is 5.29. The summed E-state index contributed by atoms with van der Waals surface area (Å²) < 4.78 is 10.8. The van der Waals surface area contributed by atoms with Crippen molar-refractivity contribution in [2.24, 2.45) is 5.41 Å². The summed E-state index contributed by atoms with van der Waals surface area (Å²) in [7, 11) is 1.40. The predicted octanol–water partition coefficient (Wildman–Crippen LogP) is -0.584. The molecule has 0 aromatic carbocycles. The molecular weight excluding hydrogens is 276 g/mol. The average molecular weight is 292 g/mol. The highest BCUT2D eigenvalue weighted by Gasteiger charge is 2.51. The van der Waals surface area contributed by atoms with E-state index in [-0.39, 0.29) is 23.5 Å². The molecule has 2 rings (SSSR count). The first-order valence-corrected chi connectivity index (χ1v) is 6.56. The van der Waals surface area contributed by atoms with Crippen LogP contribution in [-0.2, 0) is 19.1 Å². The number of hydrogen-bond donors (Lipinski definition) is 0. The molecule has 114 valence electrons. The molecule has 0 N–H and O–H groups in total. The van der Waals surface area contributed by atoms with E-state index in [1.807, 2.05) is 0 Å². The SMILES string of the molecule is CCC1(C(=O)[O-])OC2=C(OC)C=CC(C)(C(=O)[O-])C2=C1C. The maximum Gasteiger partial charge on any atom is 0.170 e. The van der Waals surface area contributed by atoms with E-state index < -0.39 is 23.0 Å². The summed E-state index contributed by atoms with van der Waals surface area (Å²) in [6.07, 6.45) is 2.96. The minimum Gasteiger partial charge on any atom is -0.549 e. The van der Waals surface area contributed by atoms with Crippen LogP contribution in [0.1, 0.15) is 27.2 Å².